The molecular formula is C19H16ClF3N4O2. The van der Waals surface area contributed by atoms with Gasteiger partial charge in [-0.15, -0.1) is 0 Å². The molecule has 3 aromatic rings. The number of rotatable bonds is 3. The molecule has 3 heterocycles. The lowest BCUT2D eigenvalue weighted by Crippen LogP contribution is -2.36. The van der Waals surface area contributed by atoms with Crippen molar-refractivity contribution in [2.45, 2.75) is 31.6 Å². The van der Waals surface area contributed by atoms with Crippen LogP contribution in [-0.4, -0.2) is 21.9 Å². The third-order valence-electron chi connectivity index (χ3n) is 4.82. The number of hydrogen-bond acceptors (Lipinski definition) is 4. The SMILES string of the molecule is Cc1ccc(Cl)cc1NC(=O)c1cnn2c1N[C@H](c1ccco1)C[C@@H]2C(F)(F)F. The van der Waals surface area contributed by atoms with Crippen molar-refractivity contribution in [2.24, 2.45) is 0 Å². The molecule has 0 fully saturated rings. The van der Waals surface area contributed by atoms with Crippen LogP contribution in [0.4, 0.5) is 24.7 Å². The molecule has 1 aliphatic heterocycles. The van der Waals surface area contributed by atoms with E-state index in [1.165, 1.54) is 6.26 Å². The van der Waals surface area contributed by atoms with Gasteiger partial charge in [0.05, 0.1) is 18.5 Å². The number of carbonyl (C=O) groups excluding carboxylic acids is 1. The van der Waals surface area contributed by atoms with Gasteiger partial charge in [-0.2, -0.15) is 18.3 Å². The molecule has 0 saturated carbocycles. The Morgan fingerprint density at radius 1 is 1.38 bits per heavy atom. The highest BCUT2D eigenvalue weighted by atomic mass is 35.5. The van der Waals surface area contributed by atoms with Crippen molar-refractivity contribution in [3.05, 3.63) is 64.7 Å². The number of benzene rings is 1. The molecule has 6 nitrogen and oxygen atoms in total. The molecule has 29 heavy (non-hydrogen) atoms. The van der Waals surface area contributed by atoms with E-state index in [1.54, 1.807) is 37.3 Å². The topological polar surface area (TPSA) is 72.1 Å². The first-order valence-electron chi connectivity index (χ1n) is 8.75. The number of aromatic nitrogens is 2. The highest BCUT2D eigenvalue weighted by Crippen LogP contribution is 2.44. The van der Waals surface area contributed by atoms with Crippen molar-refractivity contribution in [2.75, 3.05) is 10.6 Å². The van der Waals surface area contributed by atoms with Gasteiger partial charge >= 0.3 is 6.18 Å². The Bertz CT molecular complexity index is 1050. The van der Waals surface area contributed by atoms with E-state index in [2.05, 4.69) is 15.7 Å². The predicted octanol–water partition coefficient (Wildman–Crippen LogP) is 5.35. The Morgan fingerprint density at radius 3 is 2.86 bits per heavy atom. The van der Waals surface area contributed by atoms with Crippen LogP contribution in [0.1, 0.15) is 40.2 Å². The summed E-state index contributed by atoms with van der Waals surface area (Å²) in [5.74, 6) is -0.258. The number of hydrogen-bond donors (Lipinski definition) is 2. The number of alkyl halides is 3. The van der Waals surface area contributed by atoms with Crippen molar-refractivity contribution in [1.29, 1.82) is 0 Å². The van der Waals surface area contributed by atoms with Crippen LogP contribution in [0.2, 0.25) is 5.02 Å². The Kier molecular flexibility index (Phi) is 4.77. The predicted molar refractivity (Wildman–Crippen MR) is 101 cm³/mol. The van der Waals surface area contributed by atoms with Gasteiger partial charge in [-0.3, -0.25) is 4.79 Å². The lowest BCUT2D eigenvalue weighted by Gasteiger charge is -2.32. The van der Waals surface area contributed by atoms with Crippen LogP contribution in [0, 0.1) is 6.92 Å². The quantitative estimate of drug-likeness (QED) is 0.594. The summed E-state index contributed by atoms with van der Waals surface area (Å²) < 4.78 is 47.0. The van der Waals surface area contributed by atoms with Crippen molar-refractivity contribution in [3.63, 3.8) is 0 Å². The summed E-state index contributed by atoms with van der Waals surface area (Å²) in [7, 11) is 0. The molecule has 2 aromatic heterocycles. The number of anilines is 2. The third-order valence-corrected chi connectivity index (χ3v) is 5.05. The van der Waals surface area contributed by atoms with Crippen LogP contribution < -0.4 is 10.6 Å². The highest BCUT2D eigenvalue weighted by molar-refractivity contribution is 6.31. The highest BCUT2D eigenvalue weighted by Gasteiger charge is 2.47. The van der Waals surface area contributed by atoms with Gasteiger partial charge in [0.15, 0.2) is 6.04 Å². The average molecular weight is 425 g/mol. The minimum atomic E-state index is -4.54. The second-order valence-corrected chi connectivity index (χ2v) is 7.21. The average Bonchev–Trinajstić information content (AvgIpc) is 3.32. The number of aryl methyl sites for hydroxylation is 1. The molecule has 0 radical (unpaired) electrons. The van der Waals surface area contributed by atoms with E-state index < -0.39 is 24.2 Å². The fourth-order valence-corrected chi connectivity index (χ4v) is 3.50. The number of halogens is 4. The van der Waals surface area contributed by atoms with Gasteiger partial charge < -0.3 is 15.1 Å². The third kappa shape index (κ3) is 3.69. The maximum absolute atomic E-state index is 13.7. The largest absolute Gasteiger partial charge is 0.467 e. The Morgan fingerprint density at radius 2 is 2.17 bits per heavy atom. The standard InChI is InChI=1S/C19H16ClF3N4O2/c1-10-4-5-11(20)7-13(10)26-18(28)12-9-24-27-16(19(21,22)23)8-14(25-17(12)27)15-3-2-6-29-15/h2-7,9,14,16,25H,8H2,1H3,(H,26,28)/t14-,16+/m0/s1. The summed E-state index contributed by atoms with van der Waals surface area (Å²) in [6.07, 6.45) is -2.33. The minimum Gasteiger partial charge on any atom is -0.467 e. The Balaban J connectivity index is 1.70. The van der Waals surface area contributed by atoms with Crippen LogP contribution in [-0.2, 0) is 0 Å². The smallest absolute Gasteiger partial charge is 0.410 e. The van der Waals surface area contributed by atoms with E-state index >= 15 is 0 Å². The molecule has 0 bridgehead atoms. The molecule has 152 valence electrons. The summed E-state index contributed by atoms with van der Waals surface area (Å²) >= 11 is 5.97. The van der Waals surface area contributed by atoms with Crippen LogP contribution in [0.3, 0.4) is 0 Å². The summed E-state index contributed by atoms with van der Waals surface area (Å²) in [5, 5.41) is 9.91. The van der Waals surface area contributed by atoms with E-state index in [9.17, 15) is 18.0 Å². The number of furan rings is 1. The molecule has 2 atom stereocenters. The molecule has 2 N–H and O–H groups in total. The monoisotopic (exact) mass is 424 g/mol. The molecule has 10 heteroatoms. The van der Waals surface area contributed by atoms with Crippen molar-refractivity contribution in [1.82, 2.24) is 9.78 Å². The second kappa shape index (κ2) is 7.14. The normalized spacial score (nSPS) is 18.8. The van der Waals surface area contributed by atoms with Gasteiger partial charge in [0.2, 0.25) is 0 Å². The summed E-state index contributed by atoms with van der Waals surface area (Å²) in [6, 6.07) is 5.53. The van der Waals surface area contributed by atoms with Gasteiger partial charge in [-0.1, -0.05) is 17.7 Å². The van der Waals surface area contributed by atoms with Gasteiger partial charge in [0.25, 0.3) is 5.91 Å². The van der Waals surface area contributed by atoms with Crippen LogP contribution in [0.25, 0.3) is 0 Å². The molecule has 4 rings (SSSR count). The minimum absolute atomic E-state index is 0.00474. The first kappa shape index (κ1) is 19.4. The lowest BCUT2D eigenvalue weighted by atomic mass is 10.0. The van der Waals surface area contributed by atoms with E-state index in [4.69, 9.17) is 16.0 Å². The Labute approximate surface area is 168 Å². The van der Waals surface area contributed by atoms with Crippen molar-refractivity contribution in [3.8, 4) is 0 Å². The number of nitrogens with zero attached hydrogens (tertiary/aromatic N) is 2. The first-order chi connectivity index (χ1) is 13.7. The lowest BCUT2D eigenvalue weighted by molar-refractivity contribution is -0.174. The van der Waals surface area contributed by atoms with Gasteiger partial charge in [0.1, 0.15) is 17.1 Å². The molecule has 0 spiro atoms. The summed E-state index contributed by atoms with van der Waals surface area (Å²) in [5.41, 5.74) is 1.22. The fourth-order valence-electron chi connectivity index (χ4n) is 3.32. The molecule has 1 aliphatic rings. The number of carbonyl (C=O) groups is 1. The molecule has 0 aliphatic carbocycles. The first-order valence-corrected chi connectivity index (χ1v) is 9.13. The van der Waals surface area contributed by atoms with Gasteiger partial charge in [-0.25, -0.2) is 4.68 Å². The van der Waals surface area contributed by atoms with E-state index in [0.717, 1.165) is 16.4 Å². The zero-order valence-electron chi connectivity index (χ0n) is 15.1. The summed E-state index contributed by atoms with van der Waals surface area (Å²) in [6.45, 7) is 1.78. The number of nitrogens with one attached hydrogen (secondary N) is 2. The fraction of sp³-hybridized carbons (Fsp3) is 0.263. The molecular weight excluding hydrogens is 409 g/mol. The molecule has 0 saturated heterocycles. The number of fused-ring (bicyclic) bond motifs is 1. The Hall–Kier alpha value is -2.94. The van der Waals surface area contributed by atoms with E-state index in [-0.39, 0.29) is 17.8 Å². The second-order valence-electron chi connectivity index (χ2n) is 6.77. The van der Waals surface area contributed by atoms with Gasteiger partial charge in [0, 0.05) is 17.1 Å². The van der Waals surface area contributed by atoms with Crippen LogP contribution in [0.5, 0.6) is 0 Å². The van der Waals surface area contributed by atoms with Crippen LogP contribution >= 0.6 is 11.6 Å². The number of amides is 1. The summed E-state index contributed by atoms with van der Waals surface area (Å²) in [4.78, 5) is 12.8. The maximum atomic E-state index is 13.7. The zero-order valence-corrected chi connectivity index (χ0v) is 15.9. The van der Waals surface area contributed by atoms with Gasteiger partial charge in [-0.05, 0) is 36.8 Å². The van der Waals surface area contributed by atoms with E-state index in [1.807, 2.05) is 0 Å². The zero-order chi connectivity index (χ0) is 20.8. The van der Waals surface area contributed by atoms with Crippen molar-refractivity contribution >= 4 is 29.0 Å². The molecule has 1 amide bonds. The molecule has 1 aromatic carbocycles. The molecule has 0 unspecified atom stereocenters. The maximum Gasteiger partial charge on any atom is 0.410 e. The van der Waals surface area contributed by atoms with Crippen molar-refractivity contribution < 1.29 is 22.4 Å². The van der Waals surface area contributed by atoms with E-state index in [0.29, 0.717) is 16.5 Å². The van der Waals surface area contributed by atoms with Crippen LogP contribution in [0.15, 0.2) is 47.2 Å².